The summed E-state index contributed by atoms with van der Waals surface area (Å²) in [6, 6.07) is 4.96. The minimum Gasteiger partial charge on any atom is -0.349 e. The van der Waals surface area contributed by atoms with Crippen LogP contribution in [0.2, 0.25) is 0 Å². The molecule has 2 aliphatic rings. The highest BCUT2D eigenvalue weighted by atomic mass is 16.6. The Morgan fingerprint density at radius 1 is 1.30 bits per heavy atom. The van der Waals surface area contributed by atoms with Crippen molar-refractivity contribution < 1.29 is 9.72 Å². The van der Waals surface area contributed by atoms with E-state index in [4.69, 9.17) is 5.73 Å². The quantitative estimate of drug-likeness (QED) is 0.661. The molecule has 2 aliphatic carbocycles. The fourth-order valence-electron chi connectivity index (χ4n) is 4.24. The van der Waals surface area contributed by atoms with Gasteiger partial charge in [0.1, 0.15) is 5.56 Å². The van der Waals surface area contributed by atoms with Gasteiger partial charge in [-0.1, -0.05) is 12.5 Å². The Morgan fingerprint density at radius 2 is 1.96 bits per heavy atom. The Kier molecular flexibility index (Phi) is 4.35. The summed E-state index contributed by atoms with van der Waals surface area (Å²) in [5.41, 5.74) is 6.97. The van der Waals surface area contributed by atoms with Crippen LogP contribution in [-0.2, 0) is 0 Å². The Morgan fingerprint density at radius 3 is 2.57 bits per heavy atom. The smallest absolute Gasteiger partial charge is 0.282 e. The third kappa shape index (κ3) is 3.22. The van der Waals surface area contributed by atoms with E-state index in [1.165, 1.54) is 12.5 Å². The lowest BCUT2D eigenvalue weighted by molar-refractivity contribution is -0.385. The van der Waals surface area contributed by atoms with Gasteiger partial charge in [-0.25, -0.2) is 0 Å². The molecule has 0 spiro atoms. The van der Waals surface area contributed by atoms with Crippen LogP contribution in [0, 0.1) is 28.9 Å². The highest BCUT2D eigenvalue weighted by Gasteiger charge is 2.40. The second-order valence-corrected chi connectivity index (χ2v) is 6.96. The van der Waals surface area contributed by atoms with Crippen LogP contribution >= 0.6 is 0 Å². The average molecular weight is 317 g/mol. The van der Waals surface area contributed by atoms with Crippen molar-refractivity contribution in [2.75, 3.05) is 0 Å². The SMILES string of the molecule is Cc1ccc([N+](=O)[O-])c(C(=O)NC2C3CCCC2CC(N)C3)c1. The fraction of sp³-hybridized carbons (Fsp3) is 0.588. The first kappa shape index (κ1) is 15.9. The maximum Gasteiger partial charge on any atom is 0.282 e. The first-order chi connectivity index (χ1) is 11.0. The summed E-state index contributed by atoms with van der Waals surface area (Å²) in [5, 5.41) is 14.3. The van der Waals surface area contributed by atoms with Gasteiger partial charge < -0.3 is 11.1 Å². The van der Waals surface area contributed by atoms with Crippen molar-refractivity contribution in [3.05, 3.63) is 39.4 Å². The van der Waals surface area contributed by atoms with Crippen LogP contribution in [-0.4, -0.2) is 22.9 Å². The Bertz CT molecular complexity index is 618. The molecule has 2 bridgehead atoms. The number of nitrogens with one attached hydrogen (secondary N) is 1. The summed E-state index contributed by atoms with van der Waals surface area (Å²) < 4.78 is 0. The van der Waals surface area contributed by atoms with E-state index in [0.29, 0.717) is 11.8 Å². The number of nitrogens with zero attached hydrogens (tertiary/aromatic N) is 1. The lowest BCUT2D eigenvalue weighted by Crippen LogP contribution is -2.53. The molecular formula is C17H23N3O3. The standard InChI is InChI=1S/C17H23N3O3/c1-10-5-6-15(20(22)23)14(7-10)17(21)19-16-11-3-2-4-12(16)9-13(18)8-11/h5-7,11-13,16H,2-4,8-9,18H2,1H3,(H,19,21). The second kappa shape index (κ2) is 6.28. The first-order valence-electron chi connectivity index (χ1n) is 8.27. The predicted octanol–water partition coefficient (Wildman–Crippen LogP) is 2.54. The van der Waals surface area contributed by atoms with Crippen molar-refractivity contribution in [1.29, 1.82) is 0 Å². The van der Waals surface area contributed by atoms with Crippen LogP contribution in [0.4, 0.5) is 5.69 Å². The van der Waals surface area contributed by atoms with Crippen LogP contribution in [0.3, 0.4) is 0 Å². The number of hydrogen-bond donors (Lipinski definition) is 2. The maximum atomic E-state index is 12.7. The largest absolute Gasteiger partial charge is 0.349 e. The number of nitrogens with two attached hydrogens (primary N) is 1. The normalized spacial score (nSPS) is 29.8. The molecule has 124 valence electrons. The molecule has 0 heterocycles. The highest BCUT2D eigenvalue weighted by Crippen LogP contribution is 2.40. The van der Waals surface area contributed by atoms with E-state index in [1.54, 1.807) is 12.1 Å². The minimum atomic E-state index is -0.494. The molecule has 3 rings (SSSR count). The van der Waals surface area contributed by atoms with E-state index in [9.17, 15) is 14.9 Å². The van der Waals surface area contributed by atoms with Gasteiger partial charge >= 0.3 is 0 Å². The molecule has 2 atom stereocenters. The lowest BCUT2D eigenvalue weighted by atomic mass is 9.67. The second-order valence-electron chi connectivity index (χ2n) is 6.96. The molecule has 23 heavy (non-hydrogen) atoms. The maximum absolute atomic E-state index is 12.7. The molecule has 1 amide bonds. The molecule has 2 unspecified atom stereocenters. The minimum absolute atomic E-state index is 0.0937. The Hall–Kier alpha value is -1.95. The molecule has 2 fully saturated rings. The first-order valence-corrected chi connectivity index (χ1v) is 8.27. The summed E-state index contributed by atoms with van der Waals surface area (Å²) in [6.45, 7) is 1.83. The predicted molar refractivity (Wildman–Crippen MR) is 87.1 cm³/mol. The number of benzene rings is 1. The van der Waals surface area contributed by atoms with Gasteiger partial charge in [0.25, 0.3) is 11.6 Å². The molecule has 3 N–H and O–H groups in total. The van der Waals surface area contributed by atoms with Crippen LogP contribution in [0.15, 0.2) is 18.2 Å². The molecule has 0 radical (unpaired) electrons. The molecule has 1 aromatic carbocycles. The number of carbonyl (C=O) groups excluding carboxylic acids is 1. The summed E-state index contributed by atoms with van der Waals surface area (Å²) >= 11 is 0. The zero-order valence-corrected chi connectivity index (χ0v) is 13.3. The average Bonchev–Trinajstić information content (AvgIpc) is 2.47. The summed E-state index contributed by atoms with van der Waals surface area (Å²) in [7, 11) is 0. The fourth-order valence-corrected chi connectivity index (χ4v) is 4.24. The van der Waals surface area contributed by atoms with Gasteiger partial charge in [-0.15, -0.1) is 0 Å². The van der Waals surface area contributed by atoms with Gasteiger partial charge in [-0.05, 0) is 56.1 Å². The zero-order chi connectivity index (χ0) is 16.6. The summed E-state index contributed by atoms with van der Waals surface area (Å²) in [4.78, 5) is 23.3. The van der Waals surface area contributed by atoms with E-state index in [1.807, 2.05) is 6.92 Å². The van der Waals surface area contributed by atoms with Crippen molar-refractivity contribution in [3.63, 3.8) is 0 Å². The van der Waals surface area contributed by atoms with Gasteiger partial charge in [0.15, 0.2) is 0 Å². The summed E-state index contributed by atoms with van der Waals surface area (Å²) in [6.07, 6.45) is 5.18. The van der Waals surface area contributed by atoms with Gasteiger partial charge in [0.2, 0.25) is 0 Å². The molecule has 0 saturated heterocycles. The molecule has 6 heteroatoms. The third-order valence-electron chi connectivity index (χ3n) is 5.27. The number of fused-ring (bicyclic) bond motifs is 2. The number of nitro benzene ring substituents is 1. The monoisotopic (exact) mass is 317 g/mol. The Labute approximate surface area is 135 Å². The van der Waals surface area contributed by atoms with Crippen LogP contribution in [0.25, 0.3) is 0 Å². The van der Waals surface area contributed by atoms with Crippen molar-refractivity contribution in [2.24, 2.45) is 17.6 Å². The highest BCUT2D eigenvalue weighted by molar-refractivity contribution is 5.98. The number of rotatable bonds is 3. The summed E-state index contributed by atoms with van der Waals surface area (Å²) in [5.74, 6) is 0.452. The Balaban J connectivity index is 1.82. The van der Waals surface area contributed by atoms with E-state index < -0.39 is 4.92 Å². The number of nitro groups is 1. The van der Waals surface area contributed by atoms with Crippen molar-refractivity contribution in [3.8, 4) is 0 Å². The van der Waals surface area contributed by atoms with Gasteiger partial charge in [0.05, 0.1) is 4.92 Å². The molecular weight excluding hydrogens is 294 g/mol. The van der Waals surface area contributed by atoms with Crippen LogP contribution < -0.4 is 11.1 Å². The topological polar surface area (TPSA) is 98.3 Å². The van der Waals surface area contributed by atoms with Crippen LogP contribution in [0.5, 0.6) is 0 Å². The van der Waals surface area contributed by atoms with E-state index in [2.05, 4.69) is 5.32 Å². The molecule has 2 saturated carbocycles. The number of amides is 1. The van der Waals surface area contributed by atoms with Gasteiger partial charge in [-0.3, -0.25) is 14.9 Å². The number of aryl methyl sites for hydroxylation is 1. The van der Waals surface area contributed by atoms with Gasteiger partial charge in [0, 0.05) is 18.2 Å². The molecule has 0 aliphatic heterocycles. The van der Waals surface area contributed by atoms with Crippen LogP contribution in [0.1, 0.15) is 48.0 Å². The molecule has 0 aromatic heterocycles. The van der Waals surface area contributed by atoms with E-state index in [0.717, 1.165) is 31.2 Å². The molecule has 6 nitrogen and oxygen atoms in total. The van der Waals surface area contributed by atoms with Gasteiger partial charge in [-0.2, -0.15) is 0 Å². The van der Waals surface area contributed by atoms with Crippen molar-refractivity contribution in [1.82, 2.24) is 5.32 Å². The van der Waals surface area contributed by atoms with E-state index >= 15 is 0 Å². The third-order valence-corrected chi connectivity index (χ3v) is 5.27. The zero-order valence-electron chi connectivity index (χ0n) is 13.3. The lowest BCUT2D eigenvalue weighted by Gasteiger charge is -2.45. The van der Waals surface area contributed by atoms with Crippen molar-refractivity contribution in [2.45, 2.75) is 51.1 Å². The number of hydrogen-bond acceptors (Lipinski definition) is 4. The molecule has 1 aromatic rings. The number of carbonyl (C=O) groups is 1. The van der Waals surface area contributed by atoms with E-state index in [-0.39, 0.29) is 29.2 Å². The van der Waals surface area contributed by atoms with Crippen molar-refractivity contribution >= 4 is 11.6 Å².